The lowest BCUT2D eigenvalue weighted by Gasteiger charge is -2.25. The summed E-state index contributed by atoms with van der Waals surface area (Å²) in [6.07, 6.45) is -0.183. The molecule has 1 aliphatic heterocycles. The molecule has 2 unspecified atom stereocenters. The lowest BCUT2D eigenvalue weighted by molar-refractivity contribution is 0.0271. The molecule has 1 aromatic heterocycles. The summed E-state index contributed by atoms with van der Waals surface area (Å²) in [4.78, 5) is 13.8. The number of nitrogens with zero attached hydrogens (tertiary/aromatic N) is 2. The second kappa shape index (κ2) is 4.36. The van der Waals surface area contributed by atoms with Gasteiger partial charge in [-0.1, -0.05) is 0 Å². The van der Waals surface area contributed by atoms with Crippen LogP contribution in [0, 0.1) is 15.5 Å². The Morgan fingerprint density at radius 3 is 2.58 bits per heavy atom. The Bertz CT molecular complexity index is 496. The van der Waals surface area contributed by atoms with E-state index in [2.05, 4.69) is 38.9 Å². The number of ether oxygens (including phenoxy) is 1. The highest BCUT2D eigenvalue weighted by Gasteiger charge is 2.58. The maximum atomic E-state index is 12.0. The lowest BCUT2D eigenvalue weighted by Crippen LogP contribution is -2.36. The van der Waals surface area contributed by atoms with Crippen LogP contribution in [0.5, 0.6) is 0 Å². The van der Waals surface area contributed by atoms with Gasteiger partial charge in [0, 0.05) is 24.7 Å². The zero-order chi connectivity index (χ0) is 13.8. The molecule has 2 atom stereocenters. The summed E-state index contributed by atoms with van der Waals surface area (Å²) in [6.45, 7) is 7.31. The Morgan fingerprint density at radius 2 is 2.11 bits per heavy atom. The number of halogens is 1. The Hall–Kier alpha value is -0.790. The summed E-state index contributed by atoms with van der Waals surface area (Å²) >= 11 is 2.21. The topological polar surface area (TPSA) is 58.2 Å². The van der Waals surface area contributed by atoms with Gasteiger partial charge in [-0.05, 0) is 61.3 Å². The summed E-state index contributed by atoms with van der Waals surface area (Å²) in [6, 6.07) is 2.10. The molecule has 3 rings (SSSR count). The third kappa shape index (κ3) is 2.59. The van der Waals surface area contributed by atoms with Gasteiger partial charge in [0.05, 0.1) is 0 Å². The number of aromatic nitrogens is 2. The third-order valence-electron chi connectivity index (χ3n) is 3.77. The van der Waals surface area contributed by atoms with Gasteiger partial charge in [-0.25, -0.2) is 4.79 Å². The average molecular weight is 375 g/mol. The third-order valence-corrected chi connectivity index (χ3v) is 4.32. The first kappa shape index (κ1) is 13.2. The molecule has 1 aromatic rings. The van der Waals surface area contributed by atoms with Crippen molar-refractivity contribution in [2.75, 3.05) is 13.1 Å². The van der Waals surface area contributed by atoms with Crippen molar-refractivity contribution >= 4 is 28.7 Å². The maximum Gasteiger partial charge on any atom is 0.410 e. The summed E-state index contributed by atoms with van der Waals surface area (Å²) in [5.41, 5.74) is 0.797. The molecule has 19 heavy (non-hydrogen) atoms. The molecule has 1 amide bonds. The number of carbonyl (C=O) groups is 1. The first-order valence-electron chi connectivity index (χ1n) is 6.54. The minimum atomic E-state index is -0.414. The van der Waals surface area contributed by atoms with Crippen LogP contribution in [-0.2, 0) is 4.74 Å². The number of hydrogen-bond donors (Lipinski definition) is 1. The van der Waals surface area contributed by atoms with Crippen LogP contribution in [-0.4, -0.2) is 39.9 Å². The highest BCUT2D eigenvalue weighted by molar-refractivity contribution is 14.1. The van der Waals surface area contributed by atoms with Gasteiger partial charge in [-0.2, -0.15) is 5.10 Å². The number of piperidine rings is 1. The second-order valence-corrected chi connectivity index (χ2v) is 7.49. The highest BCUT2D eigenvalue weighted by atomic mass is 127. The second-order valence-electron chi connectivity index (χ2n) is 6.38. The van der Waals surface area contributed by atoms with E-state index in [9.17, 15) is 4.79 Å². The normalized spacial score (nSPS) is 29.3. The van der Waals surface area contributed by atoms with Gasteiger partial charge >= 0.3 is 6.09 Å². The molecule has 2 fully saturated rings. The van der Waals surface area contributed by atoms with Gasteiger partial charge < -0.3 is 9.64 Å². The predicted molar refractivity (Wildman–Crippen MR) is 78.8 cm³/mol. The zero-order valence-corrected chi connectivity index (χ0v) is 13.5. The van der Waals surface area contributed by atoms with Gasteiger partial charge in [-0.3, -0.25) is 5.10 Å². The fraction of sp³-hybridized carbons (Fsp3) is 0.692. The van der Waals surface area contributed by atoms with Crippen LogP contribution in [0.3, 0.4) is 0 Å². The van der Waals surface area contributed by atoms with Crippen LogP contribution in [0.2, 0.25) is 0 Å². The van der Waals surface area contributed by atoms with Crippen molar-refractivity contribution in [2.45, 2.75) is 32.3 Å². The van der Waals surface area contributed by atoms with Gasteiger partial charge in [-0.15, -0.1) is 0 Å². The molecular formula is C13H18IN3O2. The molecule has 1 N–H and O–H groups in total. The van der Waals surface area contributed by atoms with E-state index in [1.54, 1.807) is 0 Å². The quantitative estimate of drug-likeness (QED) is 0.768. The Kier molecular flexibility index (Phi) is 3.03. The van der Waals surface area contributed by atoms with E-state index in [0.29, 0.717) is 17.8 Å². The van der Waals surface area contributed by atoms with E-state index >= 15 is 0 Å². The van der Waals surface area contributed by atoms with Crippen LogP contribution >= 0.6 is 22.6 Å². The lowest BCUT2D eigenvalue weighted by atomic mass is 10.2. The van der Waals surface area contributed by atoms with E-state index in [4.69, 9.17) is 4.74 Å². The van der Waals surface area contributed by atoms with Crippen molar-refractivity contribution in [3.63, 3.8) is 0 Å². The predicted octanol–water partition coefficient (Wildman–Crippen LogP) is 2.59. The Labute approximate surface area is 126 Å². The molecular weight excluding hydrogens is 357 g/mol. The number of fused-ring (bicyclic) bond motifs is 1. The van der Waals surface area contributed by atoms with Crippen LogP contribution < -0.4 is 0 Å². The van der Waals surface area contributed by atoms with Crippen LogP contribution in [0.4, 0.5) is 4.79 Å². The number of aromatic amines is 1. The SMILES string of the molecule is CC(C)(C)OC(=O)N1CC2C(C1)C2c1cc(I)n[nH]1. The number of nitrogens with one attached hydrogen (secondary N) is 1. The molecule has 104 valence electrons. The van der Waals surface area contributed by atoms with E-state index in [-0.39, 0.29) is 6.09 Å². The standard InChI is InChI=1S/C13H18IN3O2/c1-13(2,3)19-12(18)17-5-7-8(6-17)11(7)9-4-10(14)16-15-9/h4,7-8,11H,5-6H2,1-3H3,(H,15,16). The van der Waals surface area contributed by atoms with Gasteiger partial charge in [0.1, 0.15) is 9.30 Å². The maximum absolute atomic E-state index is 12.0. The minimum absolute atomic E-state index is 0.183. The number of H-pyrrole nitrogens is 1. The molecule has 2 heterocycles. The van der Waals surface area contributed by atoms with E-state index in [0.717, 1.165) is 16.8 Å². The van der Waals surface area contributed by atoms with Crippen LogP contribution in [0.15, 0.2) is 6.07 Å². The molecule has 1 saturated carbocycles. The van der Waals surface area contributed by atoms with Crippen molar-refractivity contribution in [1.29, 1.82) is 0 Å². The monoisotopic (exact) mass is 375 g/mol. The smallest absolute Gasteiger partial charge is 0.410 e. The molecule has 0 spiro atoms. The number of hydrogen-bond acceptors (Lipinski definition) is 3. The summed E-state index contributed by atoms with van der Waals surface area (Å²) in [5.74, 6) is 1.70. The molecule has 5 nitrogen and oxygen atoms in total. The summed E-state index contributed by atoms with van der Waals surface area (Å²) in [7, 11) is 0. The molecule has 0 radical (unpaired) electrons. The fourth-order valence-electron chi connectivity index (χ4n) is 2.94. The van der Waals surface area contributed by atoms with Crippen molar-refractivity contribution in [3.05, 3.63) is 15.5 Å². The van der Waals surface area contributed by atoms with Crippen LogP contribution in [0.25, 0.3) is 0 Å². The number of amides is 1. The van der Waals surface area contributed by atoms with E-state index in [1.807, 2.05) is 25.7 Å². The van der Waals surface area contributed by atoms with Crippen LogP contribution in [0.1, 0.15) is 32.4 Å². The molecule has 0 bridgehead atoms. The molecule has 0 aromatic carbocycles. The number of likely N-dealkylation sites (tertiary alicyclic amines) is 1. The number of carbonyl (C=O) groups excluding carboxylic acids is 1. The number of rotatable bonds is 1. The van der Waals surface area contributed by atoms with E-state index < -0.39 is 5.60 Å². The Morgan fingerprint density at radius 1 is 1.47 bits per heavy atom. The average Bonchev–Trinajstić information content (AvgIpc) is 2.67. The van der Waals surface area contributed by atoms with Crippen molar-refractivity contribution in [2.24, 2.45) is 11.8 Å². The zero-order valence-electron chi connectivity index (χ0n) is 11.3. The van der Waals surface area contributed by atoms with Gasteiger partial charge in [0.25, 0.3) is 0 Å². The Balaban J connectivity index is 1.57. The van der Waals surface area contributed by atoms with Gasteiger partial charge in [0.2, 0.25) is 0 Å². The van der Waals surface area contributed by atoms with Crippen molar-refractivity contribution < 1.29 is 9.53 Å². The largest absolute Gasteiger partial charge is 0.444 e. The van der Waals surface area contributed by atoms with Crippen molar-refractivity contribution in [1.82, 2.24) is 15.1 Å². The molecule has 1 saturated heterocycles. The summed E-state index contributed by atoms with van der Waals surface area (Å²) in [5, 5.41) is 7.25. The van der Waals surface area contributed by atoms with Gasteiger partial charge in [0.15, 0.2) is 0 Å². The molecule has 2 aliphatic rings. The molecule has 1 aliphatic carbocycles. The summed E-state index contributed by atoms with van der Waals surface area (Å²) < 4.78 is 6.40. The van der Waals surface area contributed by atoms with Crippen molar-refractivity contribution in [3.8, 4) is 0 Å². The minimum Gasteiger partial charge on any atom is -0.444 e. The first-order chi connectivity index (χ1) is 8.85. The van der Waals surface area contributed by atoms with E-state index in [1.165, 1.54) is 5.69 Å². The highest BCUT2D eigenvalue weighted by Crippen LogP contribution is 2.57. The molecule has 6 heteroatoms. The fourth-order valence-corrected chi connectivity index (χ4v) is 3.40. The first-order valence-corrected chi connectivity index (χ1v) is 7.62.